The molecule has 15 heavy (non-hydrogen) atoms. The highest BCUT2D eigenvalue weighted by molar-refractivity contribution is 5.88. The van der Waals surface area contributed by atoms with Gasteiger partial charge < -0.3 is 5.11 Å². The van der Waals surface area contributed by atoms with E-state index in [2.05, 4.69) is 0 Å². The fourth-order valence-corrected chi connectivity index (χ4v) is 2.01. The van der Waals surface area contributed by atoms with Crippen molar-refractivity contribution in [3.63, 3.8) is 0 Å². The third kappa shape index (κ3) is 1.67. The smallest absolute Gasteiger partial charge is 0.412 e. The molecule has 1 aliphatic heterocycles. The van der Waals surface area contributed by atoms with Crippen molar-refractivity contribution in [3.8, 4) is 0 Å². The number of carbonyl (C=O) groups is 1. The minimum Gasteiger partial charge on any atom is -0.465 e. The molecule has 80 valence electrons. The van der Waals surface area contributed by atoms with Crippen molar-refractivity contribution in [2.75, 3.05) is 11.6 Å². The Hall–Kier alpha value is -1.58. The van der Waals surface area contributed by atoms with Crippen LogP contribution < -0.4 is 4.90 Å². The van der Waals surface area contributed by atoms with Crippen LogP contribution in [0.1, 0.15) is 12.0 Å². The van der Waals surface area contributed by atoms with Gasteiger partial charge in [0.05, 0.1) is 11.7 Å². The van der Waals surface area contributed by atoms with E-state index in [-0.39, 0.29) is 0 Å². The Labute approximate surface area is 87.1 Å². The summed E-state index contributed by atoms with van der Waals surface area (Å²) in [6.45, 7) is -0.624. The Bertz CT molecular complexity index is 381. The molecule has 1 N–H and O–H groups in total. The number of rotatable bonds is 1. The minimum absolute atomic E-state index is 0.530. The summed E-state index contributed by atoms with van der Waals surface area (Å²) in [4.78, 5) is 12.2. The van der Waals surface area contributed by atoms with Crippen LogP contribution in [0.5, 0.6) is 0 Å². The van der Waals surface area contributed by atoms with Crippen molar-refractivity contribution in [1.29, 1.82) is 0 Å². The number of carboxylic acid groups (broad SMARTS) is 1. The fraction of sp³-hybridized carbons (Fsp3) is 0.364. The number of halogens is 1. The maximum Gasteiger partial charge on any atom is 0.412 e. The summed E-state index contributed by atoms with van der Waals surface area (Å²) in [5, 5.41) is 9.05. The standard InChI is InChI=1S/C11H12FNO2/c12-7-9-6-5-8-3-1-2-4-10(8)13(9)11(14)15/h1-4,9H,5-7H2,(H,14,15). The van der Waals surface area contributed by atoms with Crippen LogP contribution >= 0.6 is 0 Å². The van der Waals surface area contributed by atoms with Crippen LogP contribution in [0.4, 0.5) is 14.9 Å². The number of fused-ring (bicyclic) bond motifs is 1. The summed E-state index contributed by atoms with van der Waals surface area (Å²) in [6.07, 6.45) is 0.221. The van der Waals surface area contributed by atoms with Crippen molar-refractivity contribution in [3.05, 3.63) is 29.8 Å². The van der Waals surface area contributed by atoms with Crippen LogP contribution in [0.25, 0.3) is 0 Å². The molecule has 1 atom stereocenters. The van der Waals surface area contributed by atoms with Crippen molar-refractivity contribution < 1.29 is 14.3 Å². The summed E-state index contributed by atoms with van der Waals surface area (Å²) in [6, 6.07) is 6.73. The van der Waals surface area contributed by atoms with Gasteiger partial charge in [-0.2, -0.15) is 0 Å². The monoisotopic (exact) mass is 209 g/mol. The molecule has 4 heteroatoms. The zero-order valence-corrected chi connectivity index (χ0v) is 8.19. The van der Waals surface area contributed by atoms with Gasteiger partial charge >= 0.3 is 6.09 Å². The average molecular weight is 209 g/mol. The Balaban J connectivity index is 2.43. The average Bonchev–Trinajstić information content (AvgIpc) is 2.27. The van der Waals surface area contributed by atoms with Gasteiger partial charge in [-0.05, 0) is 24.5 Å². The van der Waals surface area contributed by atoms with E-state index in [4.69, 9.17) is 5.11 Å². The molecule has 0 fully saturated rings. The van der Waals surface area contributed by atoms with Crippen LogP contribution in [0.3, 0.4) is 0 Å². The molecule has 0 radical (unpaired) electrons. The van der Waals surface area contributed by atoms with E-state index in [1.54, 1.807) is 12.1 Å². The highest BCUT2D eigenvalue weighted by Crippen LogP contribution is 2.30. The molecule has 1 amide bonds. The molecule has 1 heterocycles. The van der Waals surface area contributed by atoms with Crippen molar-refractivity contribution >= 4 is 11.8 Å². The number of alkyl halides is 1. The van der Waals surface area contributed by atoms with Gasteiger partial charge in [0.2, 0.25) is 0 Å². The molecule has 1 unspecified atom stereocenters. The second-order valence-electron chi connectivity index (χ2n) is 3.63. The SMILES string of the molecule is O=C(O)N1c2ccccc2CCC1CF. The lowest BCUT2D eigenvalue weighted by Crippen LogP contribution is -2.44. The van der Waals surface area contributed by atoms with Gasteiger partial charge in [-0.15, -0.1) is 0 Å². The fourth-order valence-electron chi connectivity index (χ4n) is 2.01. The van der Waals surface area contributed by atoms with E-state index in [9.17, 15) is 9.18 Å². The third-order valence-electron chi connectivity index (χ3n) is 2.75. The van der Waals surface area contributed by atoms with Crippen molar-refractivity contribution in [1.82, 2.24) is 0 Å². The lowest BCUT2D eigenvalue weighted by atomic mass is 9.97. The van der Waals surface area contributed by atoms with Crippen LogP contribution in [0.2, 0.25) is 0 Å². The molecule has 0 aromatic heterocycles. The first-order chi connectivity index (χ1) is 7.24. The normalized spacial score (nSPS) is 19.8. The molecule has 1 aromatic rings. The number of hydrogen-bond acceptors (Lipinski definition) is 1. The van der Waals surface area contributed by atoms with Gasteiger partial charge in [-0.25, -0.2) is 9.18 Å². The van der Waals surface area contributed by atoms with E-state index in [0.29, 0.717) is 12.1 Å². The van der Waals surface area contributed by atoms with Gasteiger partial charge in [0.25, 0.3) is 0 Å². The second kappa shape index (κ2) is 3.88. The number of amides is 1. The molecule has 0 bridgehead atoms. The highest BCUT2D eigenvalue weighted by Gasteiger charge is 2.30. The third-order valence-corrected chi connectivity index (χ3v) is 2.75. The van der Waals surface area contributed by atoms with E-state index >= 15 is 0 Å². The molecule has 0 saturated carbocycles. The summed E-state index contributed by atoms with van der Waals surface area (Å²) in [7, 11) is 0. The van der Waals surface area contributed by atoms with Crippen LogP contribution in [-0.4, -0.2) is 23.9 Å². The van der Waals surface area contributed by atoms with E-state index in [0.717, 1.165) is 16.9 Å². The predicted molar refractivity (Wildman–Crippen MR) is 55.0 cm³/mol. The van der Waals surface area contributed by atoms with Crippen LogP contribution in [0.15, 0.2) is 24.3 Å². The number of nitrogens with zero attached hydrogens (tertiary/aromatic N) is 1. The maximum atomic E-state index is 12.7. The highest BCUT2D eigenvalue weighted by atomic mass is 19.1. The second-order valence-corrected chi connectivity index (χ2v) is 3.63. The first-order valence-corrected chi connectivity index (χ1v) is 4.90. The minimum atomic E-state index is -1.08. The molecule has 0 spiro atoms. The molecule has 3 nitrogen and oxygen atoms in total. The van der Waals surface area contributed by atoms with Crippen LogP contribution in [0, 0.1) is 0 Å². The number of hydrogen-bond donors (Lipinski definition) is 1. The lowest BCUT2D eigenvalue weighted by molar-refractivity contribution is 0.195. The summed E-state index contributed by atoms with van der Waals surface area (Å²) >= 11 is 0. The Kier molecular flexibility index (Phi) is 2.58. The van der Waals surface area contributed by atoms with E-state index in [1.165, 1.54) is 0 Å². The molecule has 1 aromatic carbocycles. The van der Waals surface area contributed by atoms with E-state index in [1.807, 2.05) is 12.1 Å². The Morgan fingerprint density at radius 1 is 1.53 bits per heavy atom. The zero-order chi connectivity index (χ0) is 10.8. The molecule has 0 saturated heterocycles. The first-order valence-electron chi connectivity index (χ1n) is 4.90. The van der Waals surface area contributed by atoms with Crippen molar-refractivity contribution in [2.45, 2.75) is 18.9 Å². The van der Waals surface area contributed by atoms with Gasteiger partial charge in [0.15, 0.2) is 0 Å². The Morgan fingerprint density at radius 2 is 2.27 bits per heavy atom. The topological polar surface area (TPSA) is 40.5 Å². The maximum absolute atomic E-state index is 12.7. The molecular weight excluding hydrogens is 197 g/mol. The number of anilines is 1. The number of benzene rings is 1. The van der Waals surface area contributed by atoms with Crippen molar-refractivity contribution in [2.24, 2.45) is 0 Å². The lowest BCUT2D eigenvalue weighted by Gasteiger charge is -2.33. The summed E-state index contributed by atoms with van der Waals surface area (Å²) < 4.78 is 12.7. The van der Waals surface area contributed by atoms with Crippen LogP contribution in [-0.2, 0) is 6.42 Å². The van der Waals surface area contributed by atoms with Gasteiger partial charge in [0, 0.05) is 0 Å². The molecule has 1 aliphatic rings. The molecular formula is C11H12FNO2. The number of aryl methyl sites for hydroxylation is 1. The van der Waals surface area contributed by atoms with Gasteiger partial charge in [-0.1, -0.05) is 18.2 Å². The Morgan fingerprint density at radius 3 is 2.93 bits per heavy atom. The largest absolute Gasteiger partial charge is 0.465 e. The molecule has 0 aliphatic carbocycles. The zero-order valence-electron chi connectivity index (χ0n) is 8.19. The molecule has 2 rings (SSSR count). The first kappa shape index (κ1) is 9.96. The number of para-hydroxylation sites is 1. The van der Waals surface area contributed by atoms with Gasteiger partial charge in [-0.3, -0.25) is 4.90 Å². The summed E-state index contributed by atoms with van der Waals surface area (Å²) in [5.41, 5.74) is 1.60. The predicted octanol–water partition coefficient (Wildman–Crippen LogP) is 2.46. The van der Waals surface area contributed by atoms with Gasteiger partial charge in [0.1, 0.15) is 6.67 Å². The van der Waals surface area contributed by atoms with E-state index < -0.39 is 18.8 Å². The quantitative estimate of drug-likeness (QED) is 0.771. The summed E-state index contributed by atoms with van der Waals surface area (Å²) in [5.74, 6) is 0.